The molecule has 1 aromatic carbocycles. The predicted octanol–water partition coefficient (Wildman–Crippen LogP) is 3.30. The van der Waals surface area contributed by atoms with Crippen LogP contribution in [0.4, 0.5) is 10.1 Å². The van der Waals surface area contributed by atoms with Gasteiger partial charge in [-0.2, -0.15) is 0 Å². The molecule has 1 saturated carbocycles. The molecule has 1 atom stereocenters. The lowest BCUT2D eigenvalue weighted by atomic mass is 9.90. The minimum Gasteiger partial charge on any atom is -0.396 e. The molecule has 0 radical (unpaired) electrons. The third-order valence-electron chi connectivity index (χ3n) is 4.77. The first-order valence-corrected chi connectivity index (χ1v) is 7.98. The van der Waals surface area contributed by atoms with Crippen LogP contribution in [-0.4, -0.2) is 23.9 Å². The van der Waals surface area contributed by atoms with Gasteiger partial charge in [0.15, 0.2) is 0 Å². The summed E-state index contributed by atoms with van der Waals surface area (Å²) in [5.41, 5.74) is 7.06. The Balaban J connectivity index is 1.67. The van der Waals surface area contributed by atoms with Gasteiger partial charge < -0.3 is 10.6 Å². The maximum absolute atomic E-state index is 13.3. The Hall–Kier alpha value is -1.58. The number of benzene rings is 1. The quantitative estimate of drug-likeness (QED) is 0.846. The van der Waals surface area contributed by atoms with E-state index >= 15 is 0 Å². The maximum Gasteiger partial charge on any atom is 0.222 e. The summed E-state index contributed by atoms with van der Waals surface area (Å²) >= 11 is 0. The molecule has 21 heavy (non-hydrogen) atoms. The van der Waals surface area contributed by atoms with Crippen LogP contribution in [0.25, 0.3) is 0 Å². The lowest BCUT2D eigenvalue weighted by Crippen LogP contribution is -2.36. The molecule has 1 heterocycles. The van der Waals surface area contributed by atoms with Gasteiger partial charge in [0.1, 0.15) is 5.82 Å². The fourth-order valence-corrected chi connectivity index (χ4v) is 3.36. The van der Waals surface area contributed by atoms with Crippen molar-refractivity contribution in [3.63, 3.8) is 0 Å². The van der Waals surface area contributed by atoms with E-state index in [2.05, 4.69) is 0 Å². The van der Waals surface area contributed by atoms with E-state index in [0.717, 1.165) is 37.9 Å². The first kappa shape index (κ1) is 14.4. The van der Waals surface area contributed by atoms with Gasteiger partial charge in [0.2, 0.25) is 5.91 Å². The number of piperidine rings is 1. The predicted molar refractivity (Wildman–Crippen MR) is 81.3 cm³/mol. The van der Waals surface area contributed by atoms with Crippen LogP contribution in [-0.2, 0) is 4.79 Å². The number of rotatable bonds is 5. The average Bonchev–Trinajstić information content (AvgIpc) is 3.29. The van der Waals surface area contributed by atoms with Crippen LogP contribution in [0, 0.1) is 11.7 Å². The van der Waals surface area contributed by atoms with Gasteiger partial charge in [-0.1, -0.05) is 6.07 Å². The van der Waals surface area contributed by atoms with Crippen molar-refractivity contribution in [2.75, 3.05) is 18.8 Å². The lowest BCUT2D eigenvalue weighted by molar-refractivity contribution is -0.133. The second-order valence-electron chi connectivity index (χ2n) is 6.35. The summed E-state index contributed by atoms with van der Waals surface area (Å²) in [7, 11) is 0. The molecule has 2 fully saturated rings. The zero-order chi connectivity index (χ0) is 14.8. The molecule has 114 valence electrons. The zero-order valence-corrected chi connectivity index (χ0v) is 12.4. The van der Waals surface area contributed by atoms with Gasteiger partial charge in [-0.3, -0.25) is 4.79 Å². The molecular formula is C17H23FN2O. The molecule has 1 aliphatic heterocycles. The Morgan fingerprint density at radius 3 is 2.81 bits per heavy atom. The summed E-state index contributed by atoms with van der Waals surface area (Å²) in [5, 5.41) is 0. The summed E-state index contributed by atoms with van der Waals surface area (Å²) < 4.78 is 13.3. The van der Waals surface area contributed by atoms with E-state index in [1.165, 1.54) is 18.9 Å². The zero-order valence-electron chi connectivity index (χ0n) is 12.4. The van der Waals surface area contributed by atoms with E-state index in [9.17, 15) is 9.18 Å². The highest BCUT2D eigenvalue weighted by Crippen LogP contribution is 2.45. The molecule has 1 amide bonds. The third kappa shape index (κ3) is 3.36. The van der Waals surface area contributed by atoms with E-state index in [0.29, 0.717) is 18.3 Å². The van der Waals surface area contributed by atoms with Crippen molar-refractivity contribution in [3.05, 3.63) is 29.6 Å². The van der Waals surface area contributed by atoms with Crippen molar-refractivity contribution in [1.29, 1.82) is 0 Å². The number of amides is 1. The fraction of sp³-hybridized carbons (Fsp3) is 0.588. The first-order valence-electron chi connectivity index (χ1n) is 7.98. The average molecular weight is 290 g/mol. The highest BCUT2D eigenvalue weighted by molar-refractivity contribution is 5.76. The second kappa shape index (κ2) is 6.04. The van der Waals surface area contributed by atoms with Crippen LogP contribution in [0.2, 0.25) is 0 Å². The van der Waals surface area contributed by atoms with Gasteiger partial charge in [-0.05, 0) is 61.6 Å². The first-order chi connectivity index (χ1) is 10.1. The van der Waals surface area contributed by atoms with E-state index in [1.807, 2.05) is 11.0 Å². The molecule has 0 unspecified atom stereocenters. The SMILES string of the molecule is Nc1cc([C@@H](CCN2CCCCC2=O)C2CC2)ccc1F. The molecule has 0 aromatic heterocycles. The van der Waals surface area contributed by atoms with E-state index in [4.69, 9.17) is 5.73 Å². The molecular weight excluding hydrogens is 267 g/mol. The molecule has 0 spiro atoms. The largest absolute Gasteiger partial charge is 0.396 e. The molecule has 2 aliphatic rings. The number of anilines is 1. The second-order valence-corrected chi connectivity index (χ2v) is 6.35. The number of hydrogen-bond acceptors (Lipinski definition) is 2. The molecule has 1 aliphatic carbocycles. The number of carbonyl (C=O) groups excluding carboxylic acids is 1. The van der Waals surface area contributed by atoms with E-state index < -0.39 is 0 Å². The summed E-state index contributed by atoms with van der Waals surface area (Å²) in [6.07, 6.45) is 6.25. The maximum atomic E-state index is 13.3. The number of carbonyl (C=O) groups is 1. The number of nitrogens with two attached hydrogens (primary N) is 1. The van der Waals surface area contributed by atoms with Crippen LogP contribution < -0.4 is 5.73 Å². The molecule has 3 nitrogen and oxygen atoms in total. The van der Waals surface area contributed by atoms with Crippen molar-refractivity contribution >= 4 is 11.6 Å². The third-order valence-corrected chi connectivity index (χ3v) is 4.77. The Bertz CT molecular complexity index is 528. The topological polar surface area (TPSA) is 46.3 Å². The minimum atomic E-state index is -0.348. The standard InChI is InChI=1S/C17H23FN2O/c18-15-7-6-13(11-16(15)19)14(12-4-5-12)8-10-20-9-2-1-3-17(20)21/h6-7,11-12,14H,1-5,8-10,19H2/t14-/m0/s1. The number of likely N-dealkylation sites (tertiary alicyclic amines) is 1. The van der Waals surface area contributed by atoms with Gasteiger partial charge in [0, 0.05) is 19.5 Å². The summed E-state index contributed by atoms with van der Waals surface area (Å²) in [5.74, 6) is 1.02. The Morgan fingerprint density at radius 1 is 1.33 bits per heavy atom. The van der Waals surface area contributed by atoms with Crippen LogP contribution >= 0.6 is 0 Å². The summed E-state index contributed by atoms with van der Waals surface area (Å²) in [6.45, 7) is 1.71. The smallest absolute Gasteiger partial charge is 0.222 e. The van der Waals surface area contributed by atoms with Gasteiger partial charge in [0.05, 0.1) is 5.69 Å². The highest BCUT2D eigenvalue weighted by Gasteiger charge is 2.33. The number of hydrogen-bond donors (Lipinski definition) is 1. The van der Waals surface area contributed by atoms with Crippen LogP contribution in [0.5, 0.6) is 0 Å². The molecule has 4 heteroatoms. The normalized spacial score (nSPS) is 20.6. The number of nitrogen functional groups attached to an aromatic ring is 1. The van der Waals surface area contributed by atoms with Gasteiger partial charge in [0.25, 0.3) is 0 Å². The van der Waals surface area contributed by atoms with Crippen molar-refractivity contribution in [1.82, 2.24) is 4.90 Å². The Kier molecular flexibility index (Phi) is 4.13. The lowest BCUT2D eigenvalue weighted by Gasteiger charge is -2.29. The van der Waals surface area contributed by atoms with Gasteiger partial charge >= 0.3 is 0 Å². The van der Waals surface area contributed by atoms with Crippen LogP contribution in [0.1, 0.15) is 50.0 Å². The Morgan fingerprint density at radius 2 is 2.14 bits per heavy atom. The van der Waals surface area contributed by atoms with Crippen LogP contribution in [0.15, 0.2) is 18.2 Å². The van der Waals surface area contributed by atoms with Crippen molar-refractivity contribution in [2.45, 2.75) is 44.4 Å². The molecule has 1 aromatic rings. The van der Waals surface area contributed by atoms with E-state index in [-0.39, 0.29) is 17.4 Å². The highest BCUT2D eigenvalue weighted by atomic mass is 19.1. The molecule has 0 bridgehead atoms. The molecule has 3 rings (SSSR count). The Labute approximate surface area is 125 Å². The fourth-order valence-electron chi connectivity index (χ4n) is 3.36. The van der Waals surface area contributed by atoms with Crippen molar-refractivity contribution in [2.24, 2.45) is 5.92 Å². The summed E-state index contributed by atoms with van der Waals surface area (Å²) in [4.78, 5) is 13.9. The molecule has 1 saturated heterocycles. The number of nitrogens with zero attached hydrogens (tertiary/aromatic N) is 1. The van der Waals surface area contributed by atoms with E-state index in [1.54, 1.807) is 6.07 Å². The van der Waals surface area contributed by atoms with Crippen molar-refractivity contribution in [3.8, 4) is 0 Å². The van der Waals surface area contributed by atoms with Gasteiger partial charge in [-0.15, -0.1) is 0 Å². The van der Waals surface area contributed by atoms with Crippen molar-refractivity contribution < 1.29 is 9.18 Å². The monoisotopic (exact) mass is 290 g/mol. The minimum absolute atomic E-state index is 0.229. The van der Waals surface area contributed by atoms with Gasteiger partial charge in [-0.25, -0.2) is 4.39 Å². The van der Waals surface area contributed by atoms with Crippen LogP contribution in [0.3, 0.4) is 0 Å². The molecule has 2 N–H and O–H groups in total. The summed E-state index contributed by atoms with van der Waals surface area (Å²) in [6, 6.07) is 5.09. The number of halogens is 1.